The van der Waals surface area contributed by atoms with Crippen LogP contribution in [-0.4, -0.2) is 44.3 Å². The first-order valence-corrected chi connectivity index (χ1v) is 12.5. The number of amides is 1. The van der Waals surface area contributed by atoms with E-state index >= 15 is 0 Å². The quantitative estimate of drug-likeness (QED) is 0.390. The van der Waals surface area contributed by atoms with E-state index < -0.39 is 5.97 Å². The Bertz CT molecular complexity index is 934. The third-order valence-corrected chi connectivity index (χ3v) is 6.91. The molecule has 1 aromatic carbocycles. The predicted molar refractivity (Wildman–Crippen MR) is 127 cm³/mol. The maximum Gasteiger partial charge on any atom is 0.374 e. The molecule has 1 saturated heterocycles. The van der Waals surface area contributed by atoms with Crippen molar-refractivity contribution in [2.75, 3.05) is 31.7 Å². The fraction of sp³-hybridized carbons (Fsp3) is 0.615. The molecule has 2 fully saturated rings. The summed E-state index contributed by atoms with van der Waals surface area (Å²) in [5.74, 6) is 0.788. The van der Waals surface area contributed by atoms with E-state index in [9.17, 15) is 9.59 Å². The molecule has 7 nitrogen and oxygen atoms in total. The third-order valence-electron chi connectivity index (χ3n) is 6.91. The smallest absolute Gasteiger partial charge is 0.374 e. The van der Waals surface area contributed by atoms with E-state index in [1.165, 1.54) is 32.1 Å². The molecule has 1 aliphatic heterocycles. The number of benzene rings is 1. The van der Waals surface area contributed by atoms with Crippen LogP contribution in [-0.2, 0) is 14.3 Å². The number of hydrogen-bond donors (Lipinski definition) is 2. The fourth-order valence-corrected chi connectivity index (χ4v) is 5.21. The molecule has 2 aromatic rings. The Morgan fingerprint density at radius 3 is 2.73 bits per heavy atom. The Hall–Kier alpha value is -2.38. The first kappa shape index (κ1) is 23.8. The van der Waals surface area contributed by atoms with Gasteiger partial charge in [-0.25, -0.2) is 4.79 Å². The van der Waals surface area contributed by atoms with E-state index in [1.807, 2.05) is 19.1 Å². The van der Waals surface area contributed by atoms with E-state index in [4.69, 9.17) is 13.9 Å². The Labute approximate surface area is 195 Å². The average molecular weight is 457 g/mol. The van der Waals surface area contributed by atoms with Gasteiger partial charge in [0.1, 0.15) is 5.58 Å². The van der Waals surface area contributed by atoms with Crippen LogP contribution in [0.25, 0.3) is 11.0 Å². The molecule has 180 valence electrons. The number of nitrogens with one attached hydrogen (secondary N) is 2. The second-order valence-electron chi connectivity index (χ2n) is 9.17. The third kappa shape index (κ3) is 6.15. The van der Waals surface area contributed by atoms with Crippen molar-refractivity contribution in [3.8, 4) is 0 Å². The molecule has 1 saturated carbocycles. The second-order valence-corrected chi connectivity index (χ2v) is 9.17. The van der Waals surface area contributed by atoms with Gasteiger partial charge >= 0.3 is 5.97 Å². The number of carbonyl (C=O) groups excluding carboxylic acids is 2. The number of unbranched alkanes of at least 4 members (excludes halogenated alkanes) is 1. The van der Waals surface area contributed by atoms with Crippen LogP contribution in [0.1, 0.15) is 68.8 Å². The summed E-state index contributed by atoms with van der Waals surface area (Å²) in [7, 11) is 0. The molecule has 1 unspecified atom stereocenters. The number of esters is 1. The lowest BCUT2D eigenvalue weighted by molar-refractivity contribution is -0.119. The van der Waals surface area contributed by atoms with Crippen LogP contribution < -0.4 is 10.6 Å². The zero-order chi connectivity index (χ0) is 23.0. The highest BCUT2D eigenvalue weighted by atomic mass is 16.5. The molecule has 0 spiro atoms. The highest BCUT2D eigenvalue weighted by Crippen LogP contribution is 2.36. The first-order chi connectivity index (χ1) is 16.2. The lowest BCUT2D eigenvalue weighted by Crippen LogP contribution is -2.42. The van der Waals surface area contributed by atoms with Gasteiger partial charge in [-0.2, -0.15) is 0 Å². The largest absolute Gasteiger partial charge is 0.460 e. The van der Waals surface area contributed by atoms with Crippen LogP contribution in [0.3, 0.4) is 0 Å². The van der Waals surface area contributed by atoms with Crippen molar-refractivity contribution in [2.24, 2.45) is 11.8 Å². The van der Waals surface area contributed by atoms with Crippen molar-refractivity contribution in [2.45, 2.75) is 64.3 Å². The van der Waals surface area contributed by atoms with Crippen LogP contribution in [0.4, 0.5) is 5.69 Å². The van der Waals surface area contributed by atoms with Crippen molar-refractivity contribution in [3.63, 3.8) is 0 Å². The van der Waals surface area contributed by atoms with Gasteiger partial charge in [-0.05, 0) is 68.8 Å². The summed E-state index contributed by atoms with van der Waals surface area (Å²) in [4.78, 5) is 25.4. The lowest BCUT2D eigenvalue weighted by atomic mass is 9.76. The lowest BCUT2D eigenvalue weighted by Gasteiger charge is -2.30. The number of hydrogen-bond acceptors (Lipinski definition) is 6. The number of rotatable bonds is 10. The number of ether oxygens (including phenoxy) is 2. The Kier molecular flexibility index (Phi) is 8.40. The number of anilines is 1. The number of fused-ring (bicyclic) bond motifs is 1. The summed E-state index contributed by atoms with van der Waals surface area (Å²) in [6.07, 6.45) is 9.03. The maximum atomic E-state index is 13.0. The van der Waals surface area contributed by atoms with Gasteiger partial charge in [-0.1, -0.05) is 32.1 Å². The predicted octanol–water partition coefficient (Wildman–Crippen LogP) is 4.90. The molecule has 2 atom stereocenters. The Morgan fingerprint density at radius 1 is 1.09 bits per heavy atom. The summed E-state index contributed by atoms with van der Waals surface area (Å²) in [6, 6.07) is 6.98. The van der Waals surface area contributed by atoms with Crippen molar-refractivity contribution < 1.29 is 23.5 Å². The van der Waals surface area contributed by atoms with Crippen molar-refractivity contribution in [1.29, 1.82) is 0 Å². The molecular weight excluding hydrogens is 420 g/mol. The molecular formula is C26H36N2O5. The van der Waals surface area contributed by atoms with Crippen LogP contribution in [0.5, 0.6) is 0 Å². The molecule has 33 heavy (non-hydrogen) atoms. The molecule has 2 heterocycles. The highest BCUT2D eigenvalue weighted by molar-refractivity contribution is 5.98. The van der Waals surface area contributed by atoms with Gasteiger partial charge in [-0.3, -0.25) is 4.79 Å². The number of furan rings is 1. The van der Waals surface area contributed by atoms with Crippen LogP contribution in [0.15, 0.2) is 28.7 Å². The minimum Gasteiger partial charge on any atom is -0.460 e. The maximum absolute atomic E-state index is 13.0. The average Bonchev–Trinajstić information content (AvgIpc) is 3.49. The topological polar surface area (TPSA) is 89.8 Å². The minimum atomic E-state index is -0.473. The van der Waals surface area contributed by atoms with Crippen molar-refractivity contribution >= 4 is 28.5 Å². The van der Waals surface area contributed by atoms with Gasteiger partial charge in [0, 0.05) is 24.3 Å². The van der Waals surface area contributed by atoms with E-state index in [1.54, 1.807) is 12.1 Å². The van der Waals surface area contributed by atoms with Gasteiger partial charge in [0.2, 0.25) is 11.7 Å². The van der Waals surface area contributed by atoms with Crippen molar-refractivity contribution in [1.82, 2.24) is 5.32 Å². The van der Waals surface area contributed by atoms with Gasteiger partial charge in [0.15, 0.2) is 0 Å². The van der Waals surface area contributed by atoms with Crippen LogP contribution in [0.2, 0.25) is 0 Å². The highest BCUT2D eigenvalue weighted by Gasteiger charge is 2.38. The van der Waals surface area contributed by atoms with Gasteiger partial charge < -0.3 is 24.5 Å². The zero-order valence-corrected chi connectivity index (χ0v) is 19.6. The van der Waals surface area contributed by atoms with E-state index in [2.05, 4.69) is 10.6 Å². The molecule has 1 aromatic heterocycles. The monoisotopic (exact) mass is 456 g/mol. The summed E-state index contributed by atoms with van der Waals surface area (Å²) in [5.41, 5.74) is 1.30. The molecule has 1 aliphatic carbocycles. The fourth-order valence-electron chi connectivity index (χ4n) is 5.21. The Balaban J connectivity index is 1.33. The van der Waals surface area contributed by atoms with Gasteiger partial charge in [0.05, 0.1) is 12.6 Å². The van der Waals surface area contributed by atoms with Crippen LogP contribution >= 0.6 is 0 Å². The zero-order valence-electron chi connectivity index (χ0n) is 19.6. The number of carbonyl (C=O) groups is 2. The molecule has 7 heteroatoms. The second kappa shape index (κ2) is 11.7. The molecule has 4 rings (SSSR count). The summed E-state index contributed by atoms with van der Waals surface area (Å²) >= 11 is 0. The van der Waals surface area contributed by atoms with Crippen molar-refractivity contribution in [3.05, 3.63) is 30.0 Å². The standard InChI is InChI=1S/C26H36N2O5/c1-2-31-14-6-7-15-32-26(30)23-17-19-16-20(10-11-22(19)33-23)28-25(29)24-21(12-13-27-24)18-8-4-3-5-9-18/h10-11,16-18,21,24,27H,2-9,12-15H2,1H3,(H,28,29)/t21?,24-/m0/s1. The molecule has 1 amide bonds. The summed E-state index contributed by atoms with van der Waals surface area (Å²) in [6.45, 7) is 4.56. The Morgan fingerprint density at radius 2 is 1.91 bits per heavy atom. The molecule has 0 bridgehead atoms. The molecule has 2 aliphatic rings. The summed E-state index contributed by atoms with van der Waals surface area (Å²) in [5, 5.41) is 7.25. The van der Waals surface area contributed by atoms with Gasteiger partial charge in [-0.15, -0.1) is 0 Å². The summed E-state index contributed by atoms with van der Waals surface area (Å²) < 4.78 is 16.2. The van der Waals surface area contributed by atoms with Gasteiger partial charge in [0.25, 0.3) is 0 Å². The van der Waals surface area contributed by atoms with E-state index in [-0.39, 0.29) is 17.7 Å². The minimum absolute atomic E-state index is 0.0256. The molecule has 2 N–H and O–H groups in total. The van der Waals surface area contributed by atoms with E-state index in [0.29, 0.717) is 42.9 Å². The normalized spacial score (nSPS) is 21.4. The first-order valence-electron chi connectivity index (χ1n) is 12.5. The molecule has 0 radical (unpaired) electrons. The SMILES string of the molecule is CCOCCCCOC(=O)c1cc2cc(NC(=O)[C@H]3NCCC3C3CCCCC3)ccc2o1. The van der Waals surface area contributed by atoms with Crippen LogP contribution in [0, 0.1) is 11.8 Å². The van der Waals surface area contributed by atoms with E-state index in [0.717, 1.165) is 31.2 Å².